The Labute approximate surface area is 157 Å². The van der Waals surface area contributed by atoms with Crippen molar-refractivity contribution in [1.82, 2.24) is 15.2 Å². The molecule has 10 heteroatoms. The highest BCUT2D eigenvalue weighted by Crippen LogP contribution is 2.31. The minimum absolute atomic E-state index is 0.0106. The van der Waals surface area contributed by atoms with Crippen molar-refractivity contribution >= 4 is 11.9 Å². The Morgan fingerprint density at radius 2 is 1.86 bits per heavy atom. The Balaban J connectivity index is 0.000000345. The summed E-state index contributed by atoms with van der Waals surface area (Å²) in [5, 5.41) is 10.4. The molecular weight excluding hydrogens is 379 g/mol. The number of carboxylic acids is 1. The van der Waals surface area contributed by atoms with Crippen molar-refractivity contribution in [3.63, 3.8) is 0 Å². The number of aromatic amines is 1. The molecule has 0 spiro atoms. The number of halogens is 3. The summed E-state index contributed by atoms with van der Waals surface area (Å²) in [6.45, 7) is 1.10. The second-order valence-corrected chi connectivity index (χ2v) is 5.98. The summed E-state index contributed by atoms with van der Waals surface area (Å²) in [5.41, 5.74) is 2.42. The number of nitrogens with one attached hydrogen (secondary N) is 2. The van der Waals surface area contributed by atoms with Gasteiger partial charge in [-0.15, -0.1) is 0 Å². The Morgan fingerprint density at radius 3 is 2.46 bits per heavy atom. The van der Waals surface area contributed by atoms with Gasteiger partial charge in [-0.1, -0.05) is 24.3 Å². The number of carboxylic acid groups (broad SMARTS) is 1. The number of hydrogen-bond donors (Lipinski definition) is 3. The fourth-order valence-corrected chi connectivity index (χ4v) is 2.71. The molecule has 3 N–H and O–H groups in total. The van der Waals surface area contributed by atoms with E-state index < -0.39 is 12.1 Å². The number of benzene rings is 1. The van der Waals surface area contributed by atoms with Gasteiger partial charge in [0.2, 0.25) is 0 Å². The molecule has 0 fully saturated rings. The predicted octanol–water partition coefficient (Wildman–Crippen LogP) is 1.92. The van der Waals surface area contributed by atoms with E-state index in [1.165, 1.54) is 0 Å². The van der Waals surface area contributed by atoms with E-state index in [2.05, 4.69) is 10.3 Å². The number of hydrogen-bond acceptors (Lipinski definition) is 4. The number of aromatic nitrogens is 1. The minimum Gasteiger partial charge on any atom is -0.475 e. The normalized spacial score (nSPS) is 15.6. The second kappa shape index (κ2) is 8.70. The van der Waals surface area contributed by atoms with Crippen LogP contribution in [0.15, 0.2) is 47.4 Å². The van der Waals surface area contributed by atoms with E-state index in [0.29, 0.717) is 18.7 Å². The lowest BCUT2D eigenvalue weighted by Gasteiger charge is -2.21. The first-order valence-electron chi connectivity index (χ1n) is 8.16. The number of likely N-dealkylation sites (N-methyl/N-ethyl adjacent to an activating group) is 1. The van der Waals surface area contributed by atoms with E-state index in [-0.39, 0.29) is 17.5 Å². The van der Waals surface area contributed by atoms with E-state index in [9.17, 15) is 22.8 Å². The van der Waals surface area contributed by atoms with Crippen molar-refractivity contribution < 1.29 is 27.9 Å². The van der Waals surface area contributed by atoms with Crippen LogP contribution < -0.4 is 10.9 Å². The Bertz CT molecular complexity index is 911. The topological polar surface area (TPSA) is 103 Å². The number of nitrogens with zero attached hydrogens (tertiary/aromatic N) is 1. The second-order valence-electron chi connectivity index (χ2n) is 5.98. The minimum atomic E-state index is -5.08. The lowest BCUT2D eigenvalue weighted by Crippen LogP contribution is -2.32. The van der Waals surface area contributed by atoms with Gasteiger partial charge in [0, 0.05) is 37.5 Å². The van der Waals surface area contributed by atoms with Crippen molar-refractivity contribution in [2.45, 2.75) is 18.8 Å². The predicted molar refractivity (Wildman–Crippen MR) is 93.7 cm³/mol. The largest absolute Gasteiger partial charge is 0.490 e. The summed E-state index contributed by atoms with van der Waals surface area (Å²) in [7, 11) is 1.81. The van der Waals surface area contributed by atoms with Gasteiger partial charge < -0.3 is 20.3 Å². The van der Waals surface area contributed by atoms with E-state index in [1.54, 1.807) is 23.2 Å². The lowest BCUT2D eigenvalue weighted by molar-refractivity contribution is -0.192. The van der Waals surface area contributed by atoms with E-state index >= 15 is 0 Å². The highest BCUT2D eigenvalue weighted by molar-refractivity contribution is 5.99. The molecule has 1 aliphatic heterocycles. The summed E-state index contributed by atoms with van der Waals surface area (Å²) in [6, 6.07) is 11.3. The lowest BCUT2D eigenvalue weighted by atomic mass is 10.0. The molecule has 150 valence electrons. The SMILES string of the molecule is CN1C(=O)c2ccccc2C1CNCc1ccc[nH]c1=O.O=C(O)C(F)(F)F. The molecule has 1 aliphatic rings. The summed E-state index contributed by atoms with van der Waals surface area (Å²) in [6.07, 6.45) is -3.47. The van der Waals surface area contributed by atoms with Gasteiger partial charge in [0.25, 0.3) is 11.5 Å². The average Bonchev–Trinajstić information content (AvgIpc) is 2.88. The number of aliphatic carboxylic acids is 1. The number of rotatable bonds is 4. The molecule has 1 aromatic carbocycles. The van der Waals surface area contributed by atoms with E-state index in [0.717, 1.165) is 11.1 Å². The van der Waals surface area contributed by atoms with Crippen LogP contribution in [0, 0.1) is 0 Å². The molecule has 1 unspecified atom stereocenters. The maximum Gasteiger partial charge on any atom is 0.490 e. The van der Waals surface area contributed by atoms with Gasteiger partial charge in [-0.25, -0.2) is 4.79 Å². The summed E-state index contributed by atoms with van der Waals surface area (Å²) >= 11 is 0. The van der Waals surface area contributed by atoms with Crippen LogP contribution in [0.1, 0.15) is 27.5 Å². The van der Waals surface area contributed by atoms with Crippen LogP contribution in [0.2, 0.25) is 0 Å². The third-order valence-electron chi connectivity index (χ3n) is 4.13. The molecule has 0 saturated heterocycles. The zero-order valence-electron chi connectivity index (χ0n) is 14.8. The molecule has 1 aromatic heterocycles. The number of amides is 1. The molecule has 0 radical (unpaired) electrons. The Hall–Kier alpha value is -3.14. The van der Waals surface area contributed by atoms with Crippen LogP contribution in [0.3, 0.4) is 0 Å². The van der Waals surface area contributed by atoms with Crippen LogP contribution >= 0.6 is 0 Å². The molecule has 2 aromatic rings. The van der Waals surface area contributed by atoms with Crippen LogP contribution in [0.5, 0.6) is 0 Å². The standard InChI is InChI=1S/C16H17N3O2.C2HF3O2/c1-19-14(12-6-2-3-7-13(12)16(19)21)10-17-9-11-5-4-8-18-15(11)20;3-2(4,5)1(6)7/h2-8,14,17H,9-10H2,1H3,(H,18,20);(H,6,7). The summed E-state index contributed by atoms with van der Waals surface area (Å²) in [4.78, 5) is 37.0. The number of carbonyl (C=O) groups is 2. The van der Waals surface area contributed by atoms with Crippen molar-refractivity contribution in [1.29, 1.82) is 0 Å². The third-order valence-corrected chi connectivity index (χ3v) is 4.13. The fourth-order valence-electron chi connectivity index (χ4n) is 2.71. The monoisotopic (exact) mass is 397 g/mol. The van der Waals surface area contributed by atoms with E-state index in [4.69, 9.17) is 9.90 Å². The van der Waals surface area contributed by atoms with Gasteiger partial charge >= 0.3 is 12.1 Å². The molecule has 28 heavy (non-hydrogen) atoms. The number of alkyl halides is 3. The van der Waals surface area contributed by atoms with Gasteiger partial charge in [-0.05, 0) is 17.7 Å². The van der Waals surface area contributed by atoms with Crippen molar-refractivity contribution in [2.24, 2.45) is 0 Å². The number of H-pyrrole nitrogens is 1. The molecule has 0 saturated carbocycles. The van der Waals surface area contributed by atoms with Crippen molar-refractivity contribution in [3.8, 4) is 0 Å². The van der Waals surface area contributed by atoms with Crippen LogP contribution in [0.4, 0.5) is 13.2 Å². The van der Waals surface area contributed by atoms with Crippen LogP contribution in [-0.4, -0.2) is 46.6 Å². The average molecular weight is 397 g/mol. The molecule has 0 aliphatic carbocycles. The Morgan fingerprint density at radius 1 is 1.21 bits per heavy atom. The zero-order valence-corrected chi connectivity index (χ0v) is 14.8. The first kappa shape index (κ1) is 21.2. The molecule has 0 bridgehead atoms. The zero-order chi connectivity index (χ0) is 20.9. The van der Waals surface area contributed by atoms with Gasteiger partial charge in [-0.3, -0.25) is 9.59 Å². The van der Waals surface area contributed by atoms with Gasteiger partial charge in [0.1, 0.15) is 0 Å². The quantitative estimate of drug-likeness (QED) is 0.732. The number of carbonyl (C=O) groups excluding carboxylic acids is 1. The molecular formula is C18H18F3N3O4. The van der Waals surface area contributed by atoms with Crippen LogP contribution in [0.25, 0.3) is 0 Å². The van der Waals surface area contributed by atoms with Crippen molar-refractivity contribution in [2.75, 3.05) is 13.6 Å². The summed E-state index contributed by atoms with van der Waals surface area (Å²) in [5.74, 6) is -2.71. The summed E-state index contributed by atoms with van der Waals surface area (Å²) < 4.78 is 31.7. The van der Waals surface area contributed by atoms with Gasteiger partial charge in [0.05, 0.1) is 6.04 Å². The molecule has 7 nitrogen and oxygen atoms in total. The van der Waals surface area contributed by atoms with Crippen molar-refractivity contribution in [3.05, 3.63) is 69.6 Å². The van der Waals surface area contributed by atoms with Gasteiger partial charge in [0.15, 0.2) is 0 Å². The third kappa shape index (κ3) is 4.97. The molecule has 3 rings (SSSR count). The molecule has 1 atom stereocenters. The highest BCUT2D eigenvalue weighted by Gasteiger charge is 2.38. The maximum atomic E-state index is 12.1. The molecule has 1 amide bonds. The number of pyridine rings is 1. The smallest absolute Gasteiger partial charge is 0.475 e. The Kier molecular flexibility index (Phi) is 6.57. The van der Waals surface area contributed by atoms with Gasteiger partial charge in [-0.2, -0.15) is 13.2 Å². The highest BCUT2D eigenvalue weighted by atomic mass is 19.4. The first-order valence-corrected chi connectivity index (χ1v) is 8.16. The van der Waals surface area contributed by atoms with Crippen LogP contribution in [-0.2, 0) is 11.3 Å². The molecule has 2 heterocycles. The number of fused-ring (bicyclic) bond motifs is 1. The van der Waals surface area contributed by atoms with E-state index in [1.807, 2.05) is 31.3 Å². The fraction of sp³-hybridized carbons (Fsp3) is 0.278. The maximum absolute atomic E-state index is 12.1. The first-order chi connectivity index (χ1) is 13.1.